The van der Waals surface area contributed by atoms with Crippen LogP contribution >= 0.6 is 0 Å². The van der Waals surface area contributed by atoms with Gasteiger partial charge in [-0.05, 0) is 30.3 Å². The quantitative estimate of drug-likeness (QED) is 0.684. The highest BCUT2D eigenvalue weighted by atomic mass is 32.2. The molecule has 0 amide bonds. The summed E-state index contributed by atoms with van der Waals surface area (Å²) < 4.78 is 35.6. The fraction of sp³-hybridized carbons (Fsp3) is 0.176. The number of anilines is 3. The third-order valence-electron chi connectivity index (χ3n) is 3.59. The van der Waals surface area contributed by atoms with Gasteiger partial charge in [-0.1, -0.05) is 0 Å². The predicted molar refractivity (Wildman–Crippen MR) is 101 cm³/mol. The number of nitrogens with one attached hydrogen (secondary N) is 2. The van der Waals surface area contributed by atoms with Crippen molar-refractivity contribution in [3.63, 3.8) is 0 Å². The van der Waals surface area contributed by atoms with Crippen molar-refractivity contribution < 1.29 is 17.9 Å². The molecule has 2 aromatic carbocycles. The Morgan fingerprint density at radius 3 is 2.15 bits per heavy atom. The minimum atomic E-state index is -3.31. The van der Waals surface area contributed by atoms with Crippen molar-refractivity contribution in [1.82, 2.24) is 9.97 Å². The number of benzene rings is 2. The number of ether oxygens (including phenoxy) is 2. The SMILES string of the molecule is COc1cc2ncnc(Nc3ccc(NS(C)(=O)=O)cc3)c2cc1OC. The lowest BCUT2D eigenvalue weighted by Crippen LogP contribution is -2.09. The summed E-state index contributed by atoms with van der Waals surface area (Å²) in [5, 5.41) is 3.97. The number of nitrogens with zero attached hydrogens (tertiary/aromatic N) is 2. The van der Waals surface area contributed by atoms with Crippen LogP contribution < -0.4 is 19.5 Å². The monoisotopic (exact) mass is 374 g/mol. The molecule has 0 saturated heterocycles. The molecule has 0 unspecified atom stereocenters. The molecular formula is C17H18N4O4S. The van der Waals surface area contributed by atoms with Crippen LogP contribution in [0.5, 0.6) is 11.5 Å². The standard InChI is InChI=1S/C17H18N4O4S/c1-24-15-8-13-14(9-16(15)25-2)18-10-19-17(13)20-11-4-6-12(7-5-11)21-26(3,22)23/h4-10,21H,1-3H3,(H,18,19,20). The maximum Gasteiger partial charge on any atom is 0.229 e. The van der Waals surface area contributed by atoms with Crippen molar-refractivity contribution in [2.45, 2.75) is 0 Å². The highest BCUT2D eigenvalue weighted by Crippen LogP contribution is 2.34. The fourth-order valence-electron chi connectivity index (χ4n) is 2.46. The molecule has 3 rings (SSSR count). The van der Waals surface area contributed by atoms with E-state index in [0.29, 0.717) is 28.5 Å². The van der Waals surface area contributed by atoms with Gasteiger partial charge in [-0.2, -0.15) is 0 Å². The maximum atomic E-state index is 11.3. The molecule has 8 nitrogen and oxygen atoms in total. The molecule has 0 aliphatic heterocycles. The second kappa shape index (κ2) is 7.04. The van der Waals surface area contributed by atoms with Gasteiger partial charge in [0.1, 0.15) is 12.1 Å². The van der Waals surface area contributed by atoms with Crippen molar-refractivity contribution in [2.24, 2.45) is 0 Å². The van der Waals surface area contributed by atoms with Crippen LogP contribution in [0.15, 0.2) is 42.7 Å². The Kier molecular flexibility index (Phi) is 4.81. The Bertz CT molecular complexity index is 1040. The van der Waals surface area contributed by atoms with E-state index < -0.39 is 10.0 Å². The lowest BCUT2D eigenvalue weighted by atomic mass is 10.2. The highest BCUT2D eigenvalue weighted by molar-refractivity contribution is 7.92. The molecule has 0 aliphatic carbocycles. The summed E-state index contributed by atoms with van der Waals surface area (Å²) in [7, 11) is -0.180. The molecule has 26 heavy (non-hydrogen) atoms. The van der Waals surface area contributed by atoms with Crippen LogP contribution in [0.25, 0.3) is 10.9 Å². The zero-order chi connectivity index (χ0) is 18.7. The van der Waals surface area contributed by atoms with E-state index in [1.54, 1.807) is 50.6 Å². The molecule has 3 aromatic rings. The minimum Gasteiger partial charge on any atom is -0.493 e. The molecule has 0 saturated carbocycles. The minimum absolute atomic E-state index is 0.483. The van der Waals surface area contributed by atoms with E-state index in [-0.39, 0.29) is 0 Å². The van der Waals surface area contributed by atoms with Gasteiger partial charge in [0.25, 0.3) is 0 Å². The van der Waals surface area contributed by atoms with Crippen molar-refractivity contribution in [3.8, 4) is 11.5 Å². The van der Waals surface area contributed by atoms with Crippen LogP contribution in [0.3, 0.4) is 0 Å². The van der Waals surface area contributed by atoms with Crippen molar-refractivity contribution in [2.75, 3.05) is 30.5 Å². The van der Waals surface area contributed by atoms with Crippen LogP contribution in [-0.4, -0.2) is 38.9 Å². The molecule has 9 heteroatoms. The topological polar surface area (TPSA) is 102 Å². The van der Waals surface area contributed by atoms with E-state index in [1.165, 1.54) is 6.33 Å². The van der Waals surface area contributed by atoms with Gasteiger partial charge in [0.15, 0.2) is 11.5 Å². The molecule has 0 aliphatic rings. The Morgan fingerprint density at radius 1 is 0.923 bits per heavy atom. The van der Waals surface area contributed by atoms with Crippen molar-refractivity contribution >= 4 is 38.1 Å². The second-order valence-electron chi connectivity index (χ2n) is 5.52. The molecule has 1 aromatic heterocycles. The van der Waals surface area contributed by atoms with Gasteiger partial charge in [-0.25, -0.2) is 18.4 Å². The van der Waals surface area contributed by atoms with Crippen LogP contribution in [-0.2, 0) is 10.0 Å². The Morgan fingerprint density at radius 2 is 1.54 bits per heavy atom. The molecule has 136 valence electrons. The first kappa shape index (κ1) is 17.7. The third-order valence-corrected chi connectivity index (χ3v) is 4.20. The van der Waals surface area contributed by atoms with Crippen LogP contribution in [0.1, 0.15) is 0 Å². The van der Waals surface area contributed by atoms with Gasteiger partial charge in [0.05, 0.1) is 26.0 Å². The number of fused-ring (bicyclic) bond motifs is 1. The number of rotatable bonds is 6. The van der Waals surface area contributed by atoms with Crippen LogP contribution in [0, 0.1) is 0 Å². The first-order valence-corrected chi connectivity index (χ1v) is 9.50. The van der Waals surface area contributed by atoms with Crippen molar-refractivity contribution in [1.29, 1.82) is 0 Å². The molecule has 0 radical (unpaired) electrons. The van der Waals surface area contributed by atoms with Gasteiger partial charge in [-0.3, -0.25) is 4.72 Å². The summed E-state index contributed by atoms with van der Waals surface area (Å²) in [5.41, 5.74) is 1.94. The third kappa shape index (κ3) is 3.94. The van der Waals surface area contributed by atoms with Gasteiger partial charge < -0.3 is 14.8 Å². The smallest absolute Gasteiger partial charge is 0.229 e. The largest absolute Gasteiger partial charge is 0.493 e. The summed E-state index contributed by atoms with van der Waals surface area (Å²) in [6.07, 6.45) is 2.56. The molecular weight excluding hydrogens is 356 g/mol. The maximum absolute atomic E-state index is 11.3. The Hall–Kier alpha value is -3.07. The number of sulfonamides is 1. The lowest BCUT2D eigenvalue weighted by Gasteiger charge is -2.12. The first-order chi connectivity index (χ1) is 12.4. The average molecular weight is 374 g/mol. The summed E-state index contributed by atoms with van der Waals surface area (Å²) in [4.78, 5) is 8.54. The summed E-state index contributed by atoms with van der Waals surface area (Å²) >= 11 is 0. The van der Waals surface area contributed by atoms with E-state index in [1.807, 2.05) is 0 Å². The zero-order valence-electron chi connectivity index (χ0n) is 14.5. The van der Waals surface area contributed by atoms with Gasteiger partial charge in [0.2, 0.25) is 10.0 Å². The highest BCUT2D eigenvalue weighted by Gasteiger charge is 2.11. The Labute approximate surface area is 151 Å². The molecule has 0 atom stereocenters. The summed E-state index contributed by atoms with van der Waals surface area (Å²) in [5.74, 6) is 1.76. The van der Waals surface area contributed by atoms with Crippen LogP contribution in [0.2, 0.25) is 0 Å². The van der Waals surface area contributed by atoms with E-state index in [4.69, 9.17) is 9.47 Å². The molecule has 1 heterocycles. The predicted octanol–water partition coefficient (Wildman–Crippen LogP) is 2.76. The van der Waals surface area contributed by atoms with E-state index in [2.05, 4.69) is 20.0 Å². The van der Waals surface area contributed by atoms with Crippen LogP contribution in [0.4, 0.5) is 17.2 Å². The van der Waals surface area contributed by atoms with Crippen molar-refractivity contribution in [3.05, 3.63) is 42.7 Å². The zero-order valence-corrected chi connectivity index (χ0v) is 15.3. The lowest BCUT2D eigenvalue weighted by molar-refractivity contribution is 0.356. The average Bonchev–Trinajstić information content (AvgIpc) is 2.61. The van der Waals surface area contributed by atoms with Gasteiger partial charge in [0, 0.05) is 22.8 Å². The molecule has 2 N–H and O–H groups in total. The number of hydrogen-bond donors (Lipinski definition) is 2. The summed E-state index contributed by atoms with van der Waals surface area (Å²) in [6, 6.07) is 10.4. The Balaban J connectivity index is 1.93. The van der Waals surface area contributed by atoms with E-state index in [0.717, 1.165) is 17.3 Å². The number of hydrogen-bond acceptors (Lipinski definition) is 7. The molecule has 0 spiro atoms. The molecule has 0 bridgehead atoms. The van der Waals surface area contributed by atoms with Gasteiger partial charge >= 0.3 is 0 Å². The fourth-order valence-corrected chi connectivity index (χ4v) is 3.02. The van der Waals surface area contributed by atoms with E-state index in [9.17, 15) is 8.42 Å². The van der Waals surface area contributed by atoms with E-state index >= 15 is 0 Å². The molecule has 0 fully saturated rings. The summed E-state index contributed by atoms with van der Waals surface area (Å²) in [6.45, 7) is 0. The number of methoxy groups -OCH3 is 2. The second-order valence-corrected chi connectivity index (χ2v) is 7.27. The normalized spacial score (nSPS) is 11.2. The number of aromatic nitrogens is 2. The first-order valence-electron chi connectivity index (χ1n) is 7.61. The van der Waals surface area contributed by atoms with Gasteiger partial charge in [-0.15, -0.1) is 0 Å².